The largest absolute Gasteiger partial charge is 0.444 e. The first-order valence-corrected chi connectivity index (χ1v) is 16.3. The molecule has 4 atom stereocenters. The summed E-state index contributed by atoms with van der Waals surface area (Å²) >= 11 is 0. The summed E-state index contributed by atoms with van der Waals surface area (Å²) in [5.41, 5.74) is 6.80. The van der Waals surface area contributed by atoms with Gasteiger partial charge in [0.15, 0.2) is 11.6 Å². The summed E-state index contributed by atoms with van der Waals surface area (Å²) in [6.45, 7) is -0.719. The molecule has 9 nitrogen and oxygen atoms in total. The van der Waals surface area contributed by atoms with E-state index in [4.69, 9.17) is 10.5 Å². The summed E-state index contributed by atoms with van der Waals surface area (Å²) in [4.78, 5) is 12.2. The average Bonchev–Trinajstić information content (AvgIpc) is 3.35. The van der Waals surface area contributed by atoms with Gasteiger partial charge in [0, 0.05) is 30.7 Å². The van der Waals surface area contributed by atoms with Crippen LogP contribution in [-0.4, -0.2) is 64.3 Å². The van der Waals surface area contributed by atoms with E-state index in [-0.39, 0.29) is 52.1 Å². The van der Waals surface area contributed by atoms with E-state index < -0.39 is 56.1 Å². The summed E-state index contributed by atoms with van der Waals surface area (Å²) < 4.78 is 99.0. The van der Waals surface area contributed by atoms with Gasteiger partial charge in [0.1, 0.15) is 12.4 Å². The van der Waals surface area contributed by atoms with Gasteiger partial charge in [0.05, 0.1) is 15.6 Å². The fourth-order valence-electron chi connectivity index (χ4n) is 6.05. The lowest BCUT2D eigenvalue weighted by Gasteiger charge is -2.40. The predicted octanol–water partition coefficient (Wildman–Crippen LogP) is 3.10. The molecule has 3 heterocycles. The average molecular weight is 614 g/mol. The number of carbonyl (C=O) groups is 1. The van der Waals surface area contributed by atoms with Crippen molar-refractivity contribution in [3.63, 3.8) is 0 Å². The maximum Gasteiger partial charge on any atom is 0.407 e. The molecule has 2 aromatic carbocycles. The van der Waals surface area contributed by atoms with Crippen LogP contribution in [0.1, 0.15) is 36.8 Å². The molecule has 3 aliphatic heterocycles. The van der Waals surface area contributed by atoms with Crippen LogP contribution in [-0.2, 0) is 31.0 Å². The van der Waals surface area contributed by atoms with Crippen LogP contribution in [0, 0.1) is 23.4 Å². The highest BCUT2D eigenvalue weighted by Gasteiger charge is 2.47. The molecule has 41 heavy (non-hydrogen) atoms. The fourth-order valence-corrected chi connectivity index (χ4v) is 9.39. The number of nitrogens with two attached hydrogens (primary N) is 1. The lowest BCUT2D eigenvalue weighted by atomic mass is 9.83. The lowest BCUT2D eigenvalue weighted by molar-refractivity contribution is 0.158. The Labute approximate surface area is 236 Å². The molecule has 5 rings (SSSR count). The van der Waals surface area contributed by atoms with Gasteiger partial charge >= 0.3 is 6.09 Å². The third kappa shape index (κ3) is 6.01. The molecule has 1 amide bonds. The van der Waals surface area contributed by atoms with Crippen molar-refractivity contribution in [3.05, 3.63) is 69.9 Å². The zero-order valence-electron chi connectivity index (χ0n) is 21.9. The fraction of sp³-hybridized carbons (Fsp3) is 0.444. The Morgan fingerprint density at radius 2 is 1.73 bits per heavy atom. The molecular weight excluding hydrogens is 583 g/mol. The van der Waals surface area contributed by atoms with Crippen molar-refractivity contribution < 1.29 is 39.5 Å². The van der Waals surface area contributed by atoms with E-state index in [9.17, 15) is 34.8 Å². The number of nitrogens with zero attached hydrogens (tertiary/aromatic N) is 1. The summed E-state index contributed by atoms with van der Waals surface area (Å²) in [7, 11) is -7.51. The quantitative estimate of drug-likeness (QED) is 0.415. The maximum atomic E-state index is 14.1. The first-order chi connectivity index (χ1) is 19.4. The number of sulfone groups is 1. The van der Waals surface area contributed by atoms with Gasteiger partial charge in [-0.3, -0.25) is 0 Å². The van der Waals surface area contributed by atoms with Gasteiger partial charge in [-0.1, -0.05) is 18.2 Å². The normalized spacial score (nSPS) is 24.0. The zero-order valence-corrected chi connectivity index (χ0v) is 23.6. The zero-order chi connectivity index (χ0) is 29.5. The van der Waals surface area contributed by atoms with Gasteiger partial charge in [-0.05, 0) is 67.4 Å². The minimum absolute atomic E-state index is 0.00376. The summed E-state index contributed by atoms with van der Waals surface area (Å²) in [6, 6.07) is 6.52. The van der Waals surface area contributed by atoms with Gasteiger partial charge in [-0.25, -0.2) is 34.8 Å². The highest BCUT2D eigenvalue weighted by molar-refractivity contribution is 7.95. The minimum atomic E-state index is -3.76. The van der Waals surface area contributed by atoms with Crippen molar-refractivity contribution in [2.24, 2.45) is 11.7 Å². The van der Waals surface area contributed by atoms with Crippen molar-refractivity contribution in [1.29, 1.82) is 0 Å². The smallest absolute Gasteiger partial charge is 0.407 e. The van der Waals surface area contributed by atoms with Crippen molar-refractivity contribution in [2.45, 2.75) is 55.1 Å². The molecule has 0 aliphatic carbocycles. The second-order valence-corrected chi connectivity index (χ2v) is 14.6. The standard InChI is InChI=1S/C27H30F3N3O6S2/c28-22-14-24(30)23(29)12-17(22)13-25(31)18-9-19-5-6-20(10-18)33(19)40(35,36)8-7-32-27(34)39-15-21-11-16-3-1-2-4-26(16)41(21,37)38/h1-4,11-12,14,18-20,25H,5-10,13,15,31H2,(H,32,34)/t18-,19-,20+,25-/m1/s1. The lowest BCUT2D eigenvalue weighted by Crippen LogP contribution is -2.51. The summed E-state index contributed by atoms with van der Waals surface area (Å²) in [6.07, 6.45) is 2.65. The van der Waals surface area contributed by atoms with Crippen LogP contribution in [0.2, 0.25) is 0 Å². The molecule has 2 fully saturated rings. The number of nitrogens with one attached hydrogen (secondary N) is 1. The molecule has 2 bridgehead atoms. The van der Waals surface area contributed by atoms with E-state index in [0.717, 1.165) is 6.07 Å². The molecule has 222 valence electrons. The molecule has 3 N–H and O–H groups in total. The monoisotopic (exact) mass is 613 g/mol. The van der Waals surface area contributed by atoms with Crippen LogP contribution in [0.3, 0.4) is 0 Å². The van der Waals surface area contributed by atoms with Gasteiger partial charge < -0.3 is 15.8 Å². The number of piperidine rings is 1. The number of ether oxygens (including phenoxy) is 1. The molecule has 0 radical (unpaired) electrons. The van der Waals surface area contributed by atoms with Gasteiger partial charge in [-0.2, -0.15) is 4.31 Å². The van der Waals surface area contributed by atoms with Crippen molar-refractivity contribution in [3.8, 4) is 0 Å². The van der Waals surface area contributed by atoms with Gasteiger partial charge in [-0.15, -0.1) is 0 Å². The van der Waals surface area contributed by atoms with E-state index in [1.54, 1.807) is 18.2 Å². The molecule has 0 saturated carbocycles. The SMILES string of the molecule is N[C@H](Cc1cc(F)c(F)cc1F)[C@@H]1C[C@H]2CC[C@@H](C1)N2S(=O)(=O)CCNC(=O)OCC1=Cc2ccccc2S1(=O)=O. The molecule has 2 aromatic rings. The number of rotatable bonds is 9. The van der Waals surface area contributed by atoms with Crippen molar-refractivity contribution >= 4 is 32.0 Å². The number of carbonyl (C=O) groups excluding carboxylic acids is 1. The molecule has 2 saturated heterocycles. The van der Waals surface area contributed by atoms with Gasteiger partial charge in [0.25, 0.3) is 0 Å². The third-order valence-electron chi connectivity index (χ3n) is 8.02. The molecule has 3 aliphatic rings. The second-order valence-electron chi connectivity index (χ2n) is 10.6. The van der Waals surface area contributed by atoms with E-state index >= 15 is 0 Å². The van der Waals surface area contributed by atoms with Crippen LogP contribution in [0.15, 0.2) is 46.2 Å². The number of hydrogen-bond acceptors (Lipinski definition) is 7. The van der Waals surface area contributed by atoms with Crippen LogP contribution >= 0.6 is 0 Å². The second kappa shape index (κ2) is 11.4. The molecule has 0 spiro atoms. The number of halogens is 3. The highest BCUT2D eigenvalue weighted by Crippen LogP contribution is 2.42. The van der Waals surface area contributed by atoms with Crippen molar-refractivity contribution in [2.75, 3.05) is 18.9 Å². The Morgan fingerprint density at radius 1 is 1.07 bits per heavy atom. The molecule has 14 heteroatoms. The number of hydrogen-bond donors (Lipinski definition) is 2. The number of fused-ring (bicyclic) bond motifs is 3. The van der Waals surface area contributed by atoms with Crippen LogP contribution in [0.5, 0.6) is 0 Å². The van der Waals surface area contributed by atoms with E-state index in [1.807, 2.05) is 0 Å². The Bertz CT molecular complexity index is 1590. The number of sulfonamides is 1. The summed E-state index contributed by atoms with van der Waals surface area (Å²) in [5.74, 6) is -3.81. The van der Waals surface area contributed by atoms with E-state index in [1.165, 1.54) is 16.4 Å². The minimum Gasteiger partial charge on any atom is -0.444 e. The van der Waals surface area contributed by atoms with Crippen molar-refractivity contribution in [1.82, 2.24) is 9.62 Å². The predicted molar refractivity (Wildman–Crippen MR) is 144 cm³/mol. The van der Waals surface area contributed by atoms with Gasteiger partial charge in [0.2, 0.25) is 19.9 Å². The summed E-state index contributed by atoms with van der Waals surface area (Å²) in [5, 5.41) is 2.37. The van der Waals surface area contributed by atoms with Crippen LogP contribution in [0.4, 0.5) is 18.0 Å². The Balaban J connectivity index is 1.11. The Hall–Kier alpha value is -2.94. The van der Waals surface area contributed by atoms with E-state index in [0.29, 0.717) is 37.3 Å². The van der Waals surface area contributed by atoms with Crippen LogP contribution < -0.4 is 11.1 Å². The highest BCUT2D eigenvalue weighted by atomic mass is 32.2. The molecular formula is C27H30F3N3O6S2. The Morgan fingerprint density at radius 3 is 2.41 bits per heavy atom. The third-order valence-corrected chi connectivity index (χ3v) is 11.9. The van der Waals surface area contributed by atoms with Crippen LogP contribution in [0.25, 0.3) is 6.08 Å². The number of amides is 1. The van der Waals surface area contributed by atoms with E-state index in [2.05, 4.69) is 5.32 Å². The number of alkyl carbamates (subject to hydrolysis) is 1. The first kappa shape index (κ1) is 29.5. The molecule has 0 aromatic heterocycles. The topological polar surface area (TPSA) is 136 Å². The first-order valence-electron chi connectivity index (χ1n) is 13.2. The number of benzene rings is 2. The maximum absolute atomic E-state index is 14.1. The molecule has 0 unspecified atom stereocenters. The Kier molecular flexibility index (Phi) is 8.21.